The summed E-state index contributed by atoms with van der Waals surface area (Å²) in [5.74, 6) is -0.0671. The highest BCUT2D eigenvalue weighted by molar-refractivity contribution is 5.76. The normalized spacial score (nSPS) is 19.9. The van der Waals surface area contributed by atoms with E-state index in [2.05, 4.69) is 21.2 Å². The van der Waals surface area contributed by atoms with E-state index in [4.69, 9.17) is 0 Å². The second-order valence-corrected chi connectivity index (χ2v) is 7.56. The molecule has 27 heavy (non-hydrogen) atoms. The smallest absolute Gasteiger partial charge is 0.269 e. The summed E-state index contributed by atoms with van der Waals surface area (Å²) >= 11 is 0. The van der Waals surface area contributed by atoms with Crippen LogP contribution in [0.4, 0.5) is 5.69 Å². The molecule has 4 rings (SSSR count). The van der Waals surface area contributed by atoms with Gasteiger partial charge in [-0.3, -0.25) is 14.3 Å². The average Bonchev–Trinajstić information content (AvgIpc) is 3.37. The largest absolute Gasteiger partial charge is 0.370 e. The van der Waals surface area contributed by atoms with Crippen LogP contribution >= 0.6 is 0 Å². The van der Waals surface area contributed by atoms with Gasteiger partial charge in [0.1, 0.15) is 6.54 Å². The Morgan fingerprint density at radius 2 is 1.96 bits per heavy atom. The van der Waals surface area contributed by atoms with Gasteiger partial charge in [0, 0.05) is 37.9 Å². The number of hydrogen-bond acceptors (Lipinski definition) is 5. The molecular formula is C19H26N6O2. The molecule has 2 aliphatic heterocycles. The van der Waals surface area contributed by atoms with Crippen molar-refractivity contribution in [1.29, 1.82) is 0 Å². The van der Waals surface area contributed by atoms with E-state index in [9.17, 15) is 9.59 Å². The van der Waals surface area contributed by atoms with Crippen LogP contribution in [0.2, 0.25) is 0 Å². The molecule has 8 nitrogen and oxygen atoms in total. The molecule has 0 unspecified atom stereocenters. The first-order valence-electron chi connectivity index (χ1n) is 9.64. The molecule has 8 heteroatoms. The fourth-order valence-electron chi connectivity index (χ4n) is 4.10. The second-order valence-electron chi connectivity index (χ2n) is 7.56. The van der Waals surface area contributed by atoms with Gasteiger partial charge in [-0.15, -0.1) is 0 Å². The van der Waals surface area contributed by atoms with Crippen LogP contribution in [0.25, 0.3) is 0 Å². The molecule has 4 heterocycles. The molecule has 0 radical (unpaired) electrons. The highest BCUT2D eigenvalue weighted by Gasteiger charge is 2.29. The molecule has 0 N–H and O–H groups in total. The molecule has 2 aliphatic rings. The maximum Gasteiger partial charge on any atom is 0.269 e. The number of carbonyl (C=O) groups excluding carboxylic acids is 1. The summed E-state index contributed by atoms with van der Waals surface area (Å²) < 4.78 is 3.27. The summed E-state index contributed by atoms with van der Waals surface area (Å²) in [7, 11) is 0. The van der Waals surface area contributed by atoms with Crippen LogP contribution in [0.5, 0.6) is 0 Å². The van der Waals surface area contributed by atoms with E-state index >= 15 is 0 Å². The lowest BCUT2D eigenvalue weighted by Crippen LogP contribution is -2.36. The van der Waals surface area contributed by atoms with E-state index in [0.29, 0.717) is 13.1 Å². The summed E-state index contributed by atoms with van der Waals surface area (Å²) in [5.41, 5.74) is 2.74. The lowest BCUT2D eigenvalue weighted by molar-refractivity contribution is -0.131. The predicted octanol–water partition coefficient (Wildman–Crippen LogP) is 1.13. The number of carbonyl (C=O) groups is 1. The Morgan fingerprint density at radius 3 is 2.63 bits per heavy atom. The molecule has 1 atom stereocenters. The van der Waals surface area contributed by atoms with E-state index < -0.39 is 0 Å². The standard InChI is InChI=1S/C19H26N6O2/c1-14-9-15(2)25(21-14)16-5-8-23(12-16)19(27)13-24-18(26)10-17(11-20-24)22-6-3-4-7-22/h9-11,16H,3-8,12-13H2,1-2H3/t16-/m0/s1. The number of rotatable bonds is 4. The van der Waals surface area contributed by atoms with Crippen molar-refractivity contribution in [2.24, 2.45) is 0 Å². The lowest BCUT2D eigenvalue weighted by Gasteiger charge is -2.19. The van der Waals surface area contributed by atoms with E-state index in [1.165, 1.54) is 4.68 Å². The minimum absolute atomic E-state index is 0.0110. The summed E-state index contributed by atoms with van der Waals surface area (Å²) in [6, 6.07) is 3.84. The molecule has 1 amide bonds. The van der Waals surface area contributed by atoms with E-state index in [1.807, 2.05) is 23.4 Å². The van der Waals surface area contributed by atoms with Crippen LogP contribution in [0, 0.1) is 13.8 Å². The number of likely N-dealkylation sites (tertiary alicyclic amines) is 1. The van der Waals surface area contributed by atoms with Crippen molar-refractivity contribution in [1.82, 2.24) is 24.5 Å². The van der Waals surface area contributed by atoms with Crippen molar-refractivity contribution < 1.29 is 4.79 Å². The third-order valence-corrected chi connectivity index (χ3v) is 5.52. The SMILES string of the molecule is Cc1cc(C)n([C@H]2CCN(C(=O)Cn3ncc(N4CCCC4)cc3=O)C2)n1. The van der Waals surface area contributed by atoms with Crippen LogP contribution in [0.3, 0.4) is 0 Å². The fourth-order valence-corrected chi connectivity index (χ4v) is 4.10. The zero-order valence-corrected chi connectivity index (χ0v) is 16.0. The quantitative estimate of drug-likeness (QED) is 0.806. The van der Waals surface area contributed by atoms with E-state index in [-0.39, 0.29) is 24.1 Å². The molecule has 2 aromatic heterocycles. The Labute approximate surface area is 158 Å². The van der Waals surface area contributed by atoms with Gasteiger partial charge in [-0.2, -0.15) is 10.2 Å². The zero-order chi connectivity index (χ0) is 19.0. The summed E-state index contributed by atoms with van der Waals surface area (Å²) in [4.78, 5) is 29.0. The fraction of sp³-hybridized carbons (Fsp3) is 0.579. The van der Waals surface area contributed by atoms with Crippen LogP contribution < -0.4 is 10.5 Å². The third-order valence-electron chi connectivity index (χ3n) is 5.52. The predicted molar refractivity (Wildman–Crippen MR) is 102 cm³/mol. The average molecular weight is 370 g/mol. The maximum atomic E-state index is 12.7. The van der Waals surface area contributed by atoms with Gasteiger partial charge in [0.05, 0.1) is 23.6 Å². The summed E-state index contributed by atoms with van der Waals surface area (Å²) in [6.45, 7) is 7.24. The van der Waals surface area contributed by atoms with Gasteiger partial charge in [-0.1, -0.05) is 0 Å². The van der Waals surface area contributed by atoms with E-state index in [1.54, 1.807) is 12.3 Å². The van der Waals surface area contributed by atoms with Crippen molar-refractivity contribution >= 4 is 11.6 Å². The van der Waals surface area contributed by atoms with Crippen LogP contribution in [-0.2, 0) is 11.3 Å². The Balaban J connectivity index is 1.41. The Kier molecular flexibility index (Phi) is 4.72. The van der Waals surface area contributed by atoms with Crippen molar-refractivity contribution in [3.63, 3.8) is 0 Å². The van der Waals surface area contributed by atoms with Gasteiger partial charge in [0.25, 0.3) is 5.56 Å². The maximum absolute atomic E-state index is 12.7. The second kappa shape index (κ2) is 7.17. The number of amides is 1. The zero-order valence-electron chi connectivity index (χ0n) is 16.0. The summed E-state index contributed by atoms with van der Waals surface area (Å²) in [5, 5.41) is 8.76. The molecule has 0 saturated carbocycles. The van der Waals surface area contributed by atoms with Gasteiger partial charge < -0.3 is 9.80 Å². The number of nitrogens with zero attached hydrogens (tertiary/aromatic N) is 6. The van der Waals surface area contributed by atoms with Gasteiger partial charge in [0.15, 0.2) is 0 Å². The number of anilines is 1. The Morgan fingerprint density at radius 1 is 1.19 bits per heavy atom. The lowest BCUT2D eigenvalue weighted by atomic mass is 10.2. The molecule has 144 valence electrons. The van der Waals surface area contributed by atoms with Gasteiger partial charge in [0.2, 0.25) is 5.91 Å². The van der Waals surface area contributed by atoms with Crippen molar-refractivity contribution in [2.45, 2.75) is 45.7 Å². The first-order chi connectivity index (χ1) is 13.0. The topological polar surface area (TPSA) is 76.3 Å². The minimum atomic E-state index is -0.220. The molecule has 0 aromatic carbocycles. The Bertz CT molecular complexity index is 896. The minimum Gasteiger partial charge on any atom is -0.370 e. The van der Waals surface area contributed by atoms with Gasteiger partial charge in [-0.05, 0) is 39.2 Å². The van der Waals surface area contributed by atoms with Gasteiger partial charge >= 0.3 is 0 Å². The van der Waals surface area contributed by atoms with Crippen LogP contribution in [0.1, 0.15) is 36.7 Å². The molecule has 0 bridgehead atoms. The number of aromatic nitrogens is 4. The monoisotopic (exact) mass is 370 g/mol. The van der Waals surface area contributed by atoms with Crippen molar-refractivity contribution in [3.05, 3.63) is 40.1 Å². The van der Waals surface area contributed by atoms with Crippen molar-refractivity contribution in [3.8, 4) is 0 Å². The highest BCUT2D eigenvalue weighted by Crippen LogP contribution is 2.23. The number of aryl methyl sites for hydroxylation is 2. The summed E-state index contributed by atoms with van der Waals surface area (Å²) in [6.07, 6.45) is 4.87. The Hall–Kier alpha value is -2.64. The highest BCUT2D eigenvalue weighted by atomic mass is 16.2. The first kappa shape index (κ1) is 17.8. The molecule has 2 aromatic rings. The van der Waals surface area contributed by atoms with Crippen molar-refractivity contribution in [2.75, 3.05) is 31.1 Å². The third kappa shape index (κ3) is 3.61. The molecule has 0 spiro atoms. The van der Waals surface area contributed by atoms with Crippen LogP contribution in [0.15, 0.2) is 23.1 Å². The van der Waals surface area contributed by atoms with E-state index in [0.717, 1.165) is 49.4 Å². The van der Waals surface area contributed by atoms with Gasteiger partial charge in [-0.25, -0.2) is 4.68 Å². The van der Waals surface area contributed by atoms with Crippen LogP contribution in [-0.4, -0.2) is 56.5 Å². The number of hydrogen-bond donors (Lipinski definition) is 0. The molecule has 2 fully saturated rings. The molecular weight excluding hydrogens is 344 g/mol. The molecule has 0 aliphatic carbocycles. The first-order valence-corrected chi connectivity index (χ1v) is 9.64. The molecule has 2 saturated heterocycles.